The number of carbonyl (C=O) groups is 4. The SMILES string of the molecule is C#CCOCCOCCNC(=O)CCC(CCC(=O)NCCOCCOCC#C)(CCC(=O)NCCOCCOCC#C)NC(=O)C12CCC(OP(=O)(SC)C(C)(C)C)(CC1)CC2. The predicted molar refractivity (Wildman–Crippen MR) is 244 cm³/mol. The minimum Gasteiger partial charge on any atom is -0.377 e. The van der Waals surface area contributed by atoms with E-state index in [0.717, 1.165) is 0 Å². The molecule has 0 aromatic carbocycles. The van der Waals surface area contributed by atoms with Gasteiger partial charge in [-0.15, -0.1) is 19.3 Å². The zero-order valence-corrected chi connectivity index (χ0v) is 39.8. The Morgan fingerprint density at radius 3 is 1.25 bits per heavy atom. The van der Waals surface area contributed by atoms with Crippen molar-refractivity contribution in [3.8, 4) is 37.0 Å². The molecule has 0 saturated heterocycles. The molecule has 2 bridgehead atoms. The topological polar surface area (TPSA) is 198 Å². The van der Waals surface area contributed by atoms with Crippen LogP contribution in [-0.2, 0) is 56.7 Å². The maximum atomic E-state index is 14.7. The molecule has 1 unspecified atom stereocenters. The van der Waals surface area contributed by atoms with Gasteiger partial charge in [0, 0.05) is 55.0 Å². The molecule has 0 aliphatic heterocycles. The van der Waals surface area contributed by atoms with E-state index < -0.39 is 28.3 Å². The van der Waals surface area contributed by atoms with E-state index >= 15 is 0 Å². The summed E-state index contributed by atoms with van der Waals surface area (Å²) in [4.78, 5) is 54.6. The second-order valence-corrected chi connectivity index (χ2v) is 22.2. The summed E-state index contributed by atoms with van der Waals surface area (Å²) in [6.07, 6.45) is 21.3. The first-order valence-corrected chi connectivity index (χ1v) is 25.3. The van der Waals surface area contributed by atoms with E-state index in [1.54, 1.807) is 0 Å². The Labute approximate surface area is 380 Å². The van der Waals surface area contributed by atoms with Gasteiger partial charge in [0.15, 0.2) is 0 Å². The van der Waals surface area contributed by atoms with Gasteiger partial charge in [0.25, 0.3) is 6.57 Å². The van der Waals surface area contributed by atoms with E-state index in [1.165, 1.54) is 11.4 Å². The normalized spacial score (nSPS) is 19.2. The number of hydrogen-bond donors (Lipinski definition) is 4. The molecule has 3 rings (SSSR count). The van der Waals surface area contributed by atoms with Crippen molar-refractivity contribution in [1.29, 1.82) is 0 Å². The van der Waals surface area contributed by atoms with Gasteiger partial charge in [-0.2, -0.15) is 0 Å². The zero-order chi connectivity index (χ0) is 46.5. The fraction of sp³-hybridized carbons (Fsp3) is 0.778. The molecular formula is C45H73N4O12PS. The molecule has 0 spiro atoms. The molecule has 1 atom stereocenters. The first kappa shape index (κ1) is 56.0. The van der Waals surface area contributed by atoms with Crippen LogP contribution in [0.3, 0.4) is 0 Å². The van der Waals surface area contributed by atoms with Crippen molar-refractivity contribution in [3.05, 3.63) is 0 Å². The third kappa shape index (κ3) is 21.1. The number of nitrogens with one attached hydrogen (secondary N) is 4. The Balaban J connectivity index is 2.24. The van der Waals surface area contributed by atoms with Crippen molar-refractivity contribution in [2.24, 2.45) is 5.41 Å². The quantitative estimate of drug-likeness (QED) is 0.0405. The van der Waals surface area contributed by atoms with Gasteiger partial charge in [-0.25, -0.2) is 0 Å². The number of terminal acetylenes is 3. The van der Waals surface area contributed by atoms with Crippen molar-refractivity contribution < 1.29 is 56.7 Å². The van der Waals surface area contributed by atoms with E-state index in [2.05, 4.69) is 39.0 Å². The van der Waals surface area contributed by atoms with Gasteiger partial charge in [-0.05, 0) is 64.0 Å². The highest BCUT2D eigenvalue weighted by Crippen LogP contribution is 2.72. The van der Waals surface area contributed by atoms with Crippen molar-refractivity contribution in [2.75, 3.05) is 105 Å². The summed E-state index contributed by atoms with van der Waals surface area (Å²) in [5, 5.41) is 11.4. The van der Waals surface area contributed by atoms with E-state index in [0.29, 0.717) is 78.2 Å². The second-order valence-electron chi connectivity index (χ2n) is 16.8. The maximum Gasteiger partial charge on any atom is 0.263 e. The average molecular weight is 925 g/mol. The van der Waals surface area contributed by atoms with Crippen LogP contribution < -0.4 is 21.3 Å². The molecule has 63 heavy (non-hydrogen) atoms. The Bertz CT molecular complexity index is 1450. The van der Waals surface area contributed by atoms with Gasteiger partial charge in [0.1, 0.15) is 19.8 Å². The highest BCUT2D eigenvalue weighted by molar-refractivity contribution is 8.56. The lowest BCUT2D eigenvalue weighted by Crippen LogP contribution is -2.59. The van der Waals surface area contributed by atoms with E-state index in [4.69, 9.17) is 52.2 Å². The molecule has 0 aromatic rings. The summed E-state index contributed by atoms with van der Waals surface area (Å²) in [5.41, 5.74) is -2.41. The van der Waals surface area contributed by atoms with Gasteiger partial charge >= 0.3 is 0 Å². The number of hydrogen-bond acceptors (Lipinski definition) is 13. The smallest absolute Gasteiger partial charge is 0.263 e. The van der Waals surface area contributed by atoms with Gasteiger partial charge in [0.05, 0.1) is 65.1 Å². The molecule has 16 nitrogen and oxygen atoms in total. The molecule has 0 aromatic heterocycles. The molecule has 356 valence electrons. The fourth-order valence-electron chi connectivity index (χ4n) is 7.43. The largest absolute Gasteiger partial charge is 0.377 e. The Hall–Kier alpha value is -3.14. The van der Waals surface area contributed by atoms with E-state index in [9.17, 15) is 23.7 Å². The van der Waals surface area contributed by atoms with Gasteiger partial charge in [-0.1, -0.05) is 49.9 Å². The van der Waals surface area contributed by atoms with E-state index in [-0.39, 0.29) is 121 Å². The van der Waals surface area contributed by atoms with Crippen LogP contribution in [0, 0.1) is 42.4 Å². The third-order valence-electron chi connectivity index (χ3n) is 11.3. The molecule has 4 N–H and O–H groups in total. The molecule has 4 amide bonds. The summed E-state index contributed by atoms with van der Waals surface area (Å²) in [5.74, 6) is 6.18. The fourth-order valence-corrected chi connectivity index (χ4v) is 11.5. The minimum atomic E-state index is -3.06. The highest BCUT2D eigenvalue weighted by atomic mass is 32.7. The third-order valence-corrected chi connectivity index (χ3v) is 17.3. The van der Waals surface area contributed by atoms with Gasteiger partial charge in [0.2, 0.25) is 23.6 Å². The van der Waals surface area contributed by atoms with Crippen LogP contribution in [0.1, 0.15) is 97.8 Å². The van der Waals surface area contributed by atoms with Crippen LogP contribution >= 0.6 is 18.0 Å². The number of carbonyl (C=O) groups excluding carboxylic acids is 4. The number of ether oxygens (including phenoxy) is 6. The molecule has 18 heteroatoms. The second kappa shape index (κ2) is 30.1. The highest BCUT2D eigenvalue weighted by Gasteiger charge is 2.57. The molecule has 3 aliphatic carbocycles. The summed E-state index contributed by atoms with van der Waals surface area (Å²) in [6, 6.07) is 0. The van der Waals surface area contributed by atoms with E-state index in [1.807, 2.05) is 27.0 Å². The van der Waals surface area contributed by atoms with Crippen LogP contribution in [0.4, 0.5) is 0 Å². The standard InChI is InChI=1S/C45H73N4O12PS/c1-8-26-55-32-35-58-29-23-46-38(50)11-14-44(15-12-39(51)47-24-30-59-36-33-56-27-9-2,16-13-40(52)48-25-31-60-37-34-57-28-10-3)49-41(53)43-17-20-45(21-18-43,22-19-43)61-62(54,63-7)42(4,5)6/h1-3H,11-37H2,4-7H3,(H,46,50)(H,47,51)(H,48,52)(H,49,53). The van der Waals surface area contributed by atoms with Crippen molar-refractivity contribution in [1.82, 2.24) is 21.3 Å². The molecule has 0 heterocycles. The Morgan fingerprint density at radius 2 is 0.937 bits per heavy atom. The van der Waals surface area contributed by atoms with Crippen LogP contribution in [0.25, 0.3) is 0 Å². The van der Waals surface area contributed by atoms with Crippen LogP contribution in [0.5, 0.6) is 0 Å². The molecule has 3 aliphatic rings. The minimum absolute atomic E-state index is 0.0146. The lowest BCUT2D eigenvalue weighted by molar-refractivity contribution is -0.148. The molecule has 3 saturated carbocycles. The number of rotatable bonds is 35. The Morgan fingerprint density at radius 1 is 0.587 bits per heavy atom. The van der Waals surface area contributed by atoms with Crippen molar-refractivity contribution in [2.45, 2.75) is 114 Å². The lowest BCUT2D eigenvalue weighted by atomic mass is 9.58. The summed E-state index contributed by atoms with van der Waals surface area (Å²) in [7, 11) is 0. The first-order valence-electron chi connectivity index (χ1n) is 21.9. The van der Waals surface area contributed by atoms with Crippen LogP contribution in [-0.4, -0.2) is 145 Å². The summed E-state index contributed by atoms with van der Waals surface area (Å²) in [6.45, 7) is 6.76. The Kier molecular flexibility index (Phi) is 26.8. The van der Waals surface area contributed by atoms with Gasteiger partial charge < -0.3 is 54.2 Å². The number of fused-ring (bicyclic) bond motifs is 3. The first-order chi connectivity index (χ1) is 30.1. The monoisotopic (exact) mass is 924 g/mol. The van der Waals surface area contributed by atoms with Crippen molar-refractivity contribution >= 4 is 41.6 Å². The molecular weight excluding hydrogens is 852 g/mol. The maximum absolute atomic E-state index is 14.7. The summed E-state index contributed by atoms with van der Waals surface area (Å²) < 4.78 is 52.8. The van der Waals surface area contributed by atoms with Crippen LogP contribution in [0.2, 0.25) is 0 Å². The summed E-state index contributed by atoms with van der Waals surface area (Å²) >= 11 is 1.27. The molecule has 0 radical (unpaired) electrons. The number of amides is 4. The van der Waals surface area contributed by atoms with Crippen molar-refractivity contribution in [3.63, 3.8) is 0 Å². The predicted octanol–water partition coefficient (Wildman–Crippen LogP) is 3.99. The average Bonchev–Trinajstić information content (AvgIpc) is 3.26. The molecule has 3 fully saturated rings. The lowest BCUT2D eigenvalue weighted by Gasteiger charge is -2.54. The zero-order valence-electron chi connectivity index (χ0n) is 38.1. The van der Waals surface area contributed by atoms with Gasteiger partial charge in [-0.3, -0.25) is 23.7 Å². The van der Waals surface area contributed by atoms with Crippen LogP contribution in [0.15, 0.2) is 0 Å².